The molecular weight excluding hydrogens is 546 g/mol. The molecule has 3 aromatic rings. The Morgan fingerprint density at radius 1 is 1.10 bits per heavy atom. The Morgan fingerprint density at radius 3 is 2.34 bits per heavy atom. The smallest absolute Gasteiger partial charge is 0.421 e. The molecule has 0 bridgehead atoms. The quantitative estimate of drug-likeness (QED) is 0.238. The van der Waals surface area contributed by atoms with Crippen LogP contribution in [0.15, 0.2) is 36.8 Å². The van der Waals surface area contributed by atoms with Crippen molar-refractivity contribution in [2.24, 2.45) is 11.8 Å². The van der Waals surface area contributed by atoms with Crippen LogP contribution >= 0.6 is 0 Å². The molecule has 220 valence electrons. The molecule has 0 N–H and O–H groups in total. The van der Waals surface area contributed by atoms with Crippen LogP contribution in [0.1, 0.15) is 67.9 Å². The number of alkyl halides is 3. The van der Waals surface area contributed by atoms with Crippen LogP contribution < -0.4 is 9.64 Å². The molecule has 1 aliphatic rings. The lowest BCUT2D eigenvalue weighted by atomic mass is 9.82. The van der Waals surface area contributed by atoms with E-state index in [2.05, 4.69) is 22.1 Å². The molecule has 1 saturated carbocycles. The molecule has 0 unspecified atom stereocenters. The number of hydrogen-bond donors (Lipinski definition) is 0. The summed E-state index contributed by atoms with van der Waals surface area (Å²) < 4.78 is 67.5. The molecule has 0 aliphatic heterocycles. The fourth-order valence-electron chi connectivity index (χ4n) is 4.91. The van der Waals surface area contributed by atoms with Gasteiger partial charge in [0, 0.05) is 30.3 Å². The number of ether oxygens (including phenoxy) is 2. The number of hydrogen-bond acceptors (Lipinski definition) is 7. The zero-order chi connectivity index (χ0) is 29.9. The van der Waals surface area contributed by atoms with Gasteiger partial charge in [0.2, 0.25) is 11.8 Å². The molecule has 1 amide bonds. The van der Waals surface area contributed by atoms with E-state index in [0.717, 1.165) is 44.3 Å². The topological polar surface area (TPSA) is 99.4 Å². The van der Waals surface area contributed by atoms with E-state index in [1.165, 1.54) is 22.1 Å². The highest BCUT2D eigenvalue weighted by Crippen LogP contribution is 2.40. The zero-order valence-electron chi connectivity index (χ0n) is 23.1. The van der Waals surface area contributed by atoms with Crippen LogP contribution in [0.3, 0.4) is 0 Å². The number of rotatable bonds is 8. The van der Waals surface area contributed by atoms with Crippen molar-refractivity contribution in [1.82, 2.24) is 20.0 Å². The Kier molecular flexibility index (Phi) is 8.93. The Morgan fingerprint density at radius 2 is 1.76 bits per heavy atom. The van der Waals surface area contributed by atoms with Gasteiger partial charge >= 0.3 is 12.1 Å². The van der Waals surface area contributed by atoms with Gasteiger partial charge in [-0.15, -0.1) is 0 Å². The Bertz CT molecular complexity index is 1390. The van der Waals surface area contributed by atoms with E-state index in [1.54, 1.807) is 13.8 Å². The first-order valence-corrected chi connectivity index (χ1v) is 13.2. The zero-order valence-corrected chi connectivity index (χ0v) is 23.1. The number of pyridine rings is 1. The number of anilines is 1. The van der Waals surface area contributed by atoms with Crippen molar-refractivity contribution in [3.05, 3.63) is 59.3 Å². The van der Waals surface area contributed by atoms with Gasteiger partial charge in [-0.25, -0.2) is 14.2 Å². The fourth-order valence-corrected chi connectivity index (χ4v) is 4.91. The molecular formula is C28H31F4N5O4. The van der Waals surface area contributed by atoms with Gasteiger partial charge in [-0.05, 0) is 57.1 Å². The number of carbonyl (C=O) groups is 2. The summed E-state index contributed by atoms with van der Waals surface area (Å²) in [5, 5.41) is 7.73. The third-order valence-electron chi connectivity index (χ3n) is 7.04. The summed E-state index contributed by atoms with van der Waals surface area (Å²) in [4.78, 5) is 32.7. The van der Waals surface area contributed by atoms with Crippen LogP contribution in [0, 0.1) is 17.7 Å². The highest BCUT2D eigenvalue weighted by atomic mass is 19.4. The average Bonchev–Trinajstić information content (AvgIpc) is 3.43. The summed E-state index contributed by atoms with van der Waals surface area (Å²) in [6.07, 6.45) is 2.08. The molecule has 9 nitrogen and oxygen atoms in total. The van der Waals surface area contributed by atoms with Gasteiger partial charge in [-0.2, -0.15) is 28.2 Å². The molecule has 1 aliphatic carbocycles. The Balaban J connectivity index is 1.72. The summed E-state index contributed by atoms with van der Waals surface area (Å²) >= 11 is 0. The van der Waals surface area contributed by atoms with Crippen molar-refractivity contribution in [1.29, 1.82) is 0 Å². The minimum Gasteiger partial charge on any atom is -0.465 e. The summed E-state index contributed by atoms with van der Waals surface area (Å²) in [5.74, 6) is -3.64. The summed E-state index contributed by atoms with van der Waals surface area (Å²) in [6.45, 7) is 5.49. The normalized spacial score (nSPS) is 17.4. The highest BCUT2D eigenvalue weighted by Gasteiger charge is 2.37. The number of carbonyl (C=O) groups excluding carboxylic acids is 2. The van der Waals surface area contributed by atoms with E-state index in [-0.39, 0.29) is 35.2 Å². The van der Waals surface area contributed by atoms with Crippen LogP contribution in [0.2, 0.25) is 0 Å². The van der Waals surface area contributed by atoms with Gasteiger partial charge in [0.05, 0.1) is 37.3 Å². The molecule has 4 rings (SSSR count). The lowest BCUT2D eigenvalue weighted by molar-refractivity contribution is -0.139. The van der Waals surface area contributed by atoms with Crippen LogP contribution in [0.5, 0.6) is 11.6 Å². The number of aromatic nitrogens is 4. The Labute approximate surface area is 234 Å². The van der Waals surface area contributed by atoms with Crippen LogP contribution in [-0.4, -0.2) is 45.0 Å². The monoisotopic (exact) mass is 577 g/mol. The highest BCUT2D eigenvalue weighted by molar-refractivity contribution is 6.04. The molecule has 0 saturated heterocycles. The van der Waals surface area contributed by atoms with E-state index in [4.69, 9.17) is 9.47 Å². The average molecular weight is 578 g/mol. The Hall–Kier alpha value is -4.03. The predicted octanol–water partition coefficient (Wildman–Crippen LogP) is 6.03. The van der Waals surface area contributed by atoms with Gasteiger partial charge in [0.15, 0.2) is 11.6 Å². The first-order chi connectivity index (χ1) is 19.4. The number of methoxy groups -OCH3 is 1. The predicted molar refractivity (Wildman–Crippen MR) is 140 cm³/mol. The first kappa shape index (κ1) is 29.9. The van der Waals surface area contributed by atoms with Gasteiger partial charge in [0.1, 0.15) is 5.56 Å². The molecule has 0 spiro atoms. The number of amides is 1. The van der Waals surface area contributed by atoms with E-state index in [0.29, 0.717) is 18.8 Å². The van der Waals surface area contributed by atoms with Gasteiger partial charge < -0.3 is 14.4 Å². The van der Waals surface area contributed by atoms with Crippen molar-refractivity contribution in [3.8, 4) is 11.6 Å². The third kappa shape index (κ3) is 6.83. The van der Waals surface area contributed by atoms with Crippen molar-refractivity contribution >= 4 is 17.6 Å². The lowest BCUT2D eigenvalue weighted by Gasteiger charge is -2.34. The van der Waals surface area contributed by atoms with Crippen LogP contribution in [0.4, 0.5) is 23.2 Å². The summed E-state index contributed by atoms with van der Waals surface area (Å²) in [5.41, 5.74) is -1.40. The van der Waals surface area contributed by atoms with Crippen LogP contribution in [-0.2, 0) is 22.3 Å². The maximum atomic E-state index is 15.5. The van der Waals surface area contributed by atoms with Crippen molar-refractivity contribution in [2.75, 3.05) is 12.0 Å². The summed E-state index contributed by atoms with van der Waals surface area (Å²) in [7, 11) is 1.11. The molecule has 1 fully saturated rings. The minimum absolute atomic E-state index is 0.0496. The molecule has 2 aromatic heterocycles. The maximum absolute atomic E-state index is 15.5. The molecule has 0 radical (unpaired) electrons. The number of benzene rings is 1. The van der Waals surface area contributed by atoms with Crippen molar-refractivity contribution in [3.63, 3.8) is 0 Å². The van der Waals surface area contributed by atoms with E-state index < -0.39 is 41.2 Å². The van der Waals surface area contributed by atoms with Crippen molar-refractivity contribution in [2.45, 2.75) is 65.2 Å². The largest absolute Gasteiger partial charge is 0.465 e. The summed E-state index contributed by atoms with van der Waals surface area (Å²) in [6, 6.07) is 2.21. The minimum atomic E-state index is -4.89. The molecule has 1 aromatic carbocycles. The number of nitrogens with zero attached hydrogens (tertiary/aromatic N) is 5. The number of esters is 1. The van der Waals surface area contributed by atoms with E-state index >= 15 is 4.39 Å². The standard InChI is InChI=1S/C28H31F4N5O4/c1-16(2)37(26(38)19-7-5-17(3)6-8-19)23-13-22(29)24(12-20(23)27(39)40-4)41-25-21(28(30,31)32)11-18(14-33-25)15-36-34-9-10-35-36/h9-14,16-17,19H,5-8,15H2,1-4H3/t17-,19-. The molecule has 0 atom stereocenters. The third-order valence-corrected chi connectivity index (χ3v) is 7.04. The SMILES string of the molecule is COC(=O)c1cc(Oc2ncc(Cn3nccn3)cc2C(F)(F)F)c(F)cc1N(C(=O)[C@H]1CC[C@H](C)CC1)C(C)C. The first-order valence-electron chi connectivity index (χ1n) is 13.2. The second kappa shape index (κ2) is 12.2. The van der Waals surface area contributed by atoms with Gasteiger partial charge in [-0.1, -0.05) is 6.92 Å². The molecule has 41 heavy (non-hydrogen) atoms. The number of halogens is 4. The van der Waals surface area contributed by atoms with Gasteiger partial charge in [0.25, 0.3) is 0 Å². The maximum Gasteiger partial charge on any atom is 0.421 e. The van der Waals surface area contributed by atoms with E-state index in [9.17, 15) is 22.8 Å². The molecule has 13 heteroatoms. The van der Waals surface area contributed by atoms with E-state index in [1.807, 2.05) is 0 Å². The second-order valence-corrected chi connectivity index (χ2v) is 10.4. The second-order valence-electron chi connectivity index (χ2n) is 10.4. The van der Waals surface area contributed by atoms with Gasteiger partial charge in [-0.3, -0.25) is 4.79 Å². The fraction of sp³-hybridized carbons (Fsp3) is 0.464. The van der Waals surface area contributed by atoms with Crippen LogP contribution in [0.25, 0.3) is 0 Å². The van der Waals surface area contributed by atoms with Crippen molar-refractivity contribution < 1.29 is 36.6 Å². The molecule has 2 heterocycles. The lowest BCUT2D eigenvalue weighted by Crippen LogP contribution is -2.43.